The molecule has 3 nitrogen and oxygen atoms in total. The molecule has 5 aromatic rings. The van der Waals surface area contributed by atoms with Crippen LogP contribution in [0.3, 0.4) is 0 Å². The average Bonchev–Trinajstić information content (AvgIpc) is 3.28. The van der Waals surface area contributed by atoms with E-state index in [1.807, 2.05) is 18.2 Å². The van der Waals surface area contributed by atoms with Gasteiger partial charge in [0, 0.05) is 14.5 Å². The monoisotopic (exact) mass is 593 g/mol. The normalized spacial score (nSPS) is 14.5. The number of benzene rings is 3. The third kappa shape index (κ3) is 4.11. The molecular weight excluding hydrogens is 574 g/mol. The molecular formula is C31H21Br2N3. The highest BCUT2D eigenvalue weighted by Gasteiger charge is 2.26. The molecule has 1 aliphatic rings. The van der Waals surface area contributed by atoms with E-state index in [9.17, 15) is 5.26 Å². The minimum Gasteiger partial charge on any atom is -0.291 e. The number of nitrogens with zero attached hydrogens (tertiary/aromatic N) is 3. The molecule has 0 N–H and O–H groups in total. The molecule has 3 aromatic carbocycles. The first-order valence-corrected chi connectivity index (χ1v) is 13.5. The van der Waals surface area contributed by atoms with Crippen molar-refractivity contribution in [1.82, 2.24) is 9.38 Å². The number of allylic oxidation sites excluding steroid dienone is 1. The maximum absolute atomic E-state index is 10.4. The second-order valence-corrected chi connectivity index (χ2v) is 10.8. The SMILES string of the molecule is N#Cc1c2c(c(/C=C/c3ccc(Br)cc3)n3c1nc1ccccc13)CCC/C2=C\c1ccc(Br)cc1. The highest BCUT2D eigenvalue weighted by atomic mass is 79.9. The Bertz CT molecular complexity index is 1720. The van der Waals surface area contributed by atoms with Crippen LogP contribution in [0.15, 0.2) is 81.7 Å². The van der Waals surface area contributed by atoms with Crippen molar-refractivity contribution in [3.05, 3.63) is 115 Å². The molecule has 0 spiro atoms. The fourth-order valence-electron chi connectivity index (χ4n) is 5.09. The lowest BCUT2D eigenvalue weighted by molar-refractivity contribution is 0.813. The van der Waals surface area contributed by atoms with Gasteiger partial charge in [-0.05, 0) is 84.0 Å². The van der Waals surface area contributed by atoms with Crippen molar-refractivity contribution in [2.45, 2.75) is 19.3 Å². The van der Waals surface area contributed by atoms with Gasteiger partial charge in [0.1, 0.15) is 11.6 Å². The van der Waals surface area contributed by atoms with Crippen molar-refractivity contribution in [3.8, 4) is 6.07 Å². The first-order valence-electron chi connectivity index (χ1n) is 11.9. The van der Waals surface area contributed by atoms with Gasteiger partial charge >= 0.3 is 0 Å². The van der Waals surface area contributed by atoms with Crippen LogP contribution in [-0.2, 0) is 6.42 Å². The van der Waals surface area contributed by atoms with Gasteiger partial charge in [-0.3, -0.25) is 4.40 Å². The summed E-state index contributed by atoms with van der Waals surface area (Å²) in [5, 5.41) is 10.4. The van der Waals surface area contributed by atoms with Gasteiger partial charge in [-0.25, -0.2) is 4.98 Å². The van der Waals surface area contributed by atoms with Crippen molar-refractivity contribution in [2.75, 3.05) is 0 Å². The predicted molar refractivity (Wildman–Crippen MR) is 155 cm³/mol. The van der Waals surface area contributed by atoms with Gasteiger partial charge in [0.05, 0.1) is 16.7 Å². The molecule has 2 aromatic heterocycles. The number of pyridine rings is 1. The highest BCUT2D eigenvalue weighted by molar-refractivity contribution is 9.10. The average molecular weight is 595 g/mol. The Morgan fingerprint density at radius 1 is 0.833 bits per heavy atom. The van der Waals surface area contributed by atoms with Crippen molar-refractivity contribution in [3.63, 3.8) is 0 Å². The van der Waals surface area contributed by atoms with Gasteiger partial charge in [0.25, 0.3) is 0 Å². The summed E-state index contributed by atoms with van der Waals surface area (Å²) in [6.07, 6.45) is 9.46. The molecule has 0 fully saturated rings. The lowest BCUT2D eigenvalue weighted by atomic mass is 9.83. The number of aromatic nitrogens is 2. The summed E-state index contributed by atoms with van der Waals surface area (Å²) in [7, 11) is 0. The van der Waals surface area contributed by atoms with E-state index in [-0.39, 0.29) is 0 Å². The number of rotatable bonds is 3. The predicted octanol–water partition coefficient (Wildman–Crippen LogP) is 8.93. The second kappa shape index (κ2) is 9.54. The van der Waals surface area contributed by atoms with Crippen LogP contribution in [0.1, 0.15) is 46.4 Å². The molecule has 0 bridgehead atoms. The fraction of sp³-hybridized carbons (Fsp3) is 0.0968. The van der Waals surface area contributed by atoms with Crippen molar-refractivity contribution in [2.24, 2.45) is 0 Å². The second-order valence-electron chi connectivity index (χ2n) is 8.94. The van der Waals surface area contributed by atoms with E-state index in [0.717, 1.165) is 67.3 Å². The molecule has 0 radical (unpaired) electrons. The summed E-state index contributed by atoms with van der Waals surface area (Å²) in [4.78, 5) is 4.94. The Labute approximate surface area is 226 Å². The molecule has 6 rings (SSSR count). The fourth-order valence-corrected chi connectivity index (χ4v) is 5.61. The van der Waals surface area contributed by atoms with Crippen LogP contribution in [0.4, 0.5) is 0 Å². The zero-order valence-corrected chi connectivity index (χ0v) is 22.6. The van der Waals surface area contributed by atoms with E-state index in [0.29, 0.717) is 5.56 Å². The van der Waals surface area contributed by atoms with Crippen LogP contribution >= 0.6 is 31.9 Å². The smallest absolute Gasteiger partial charge is 0.157 e. The van der Waals surface area contributed by atoms with Gasteiger partial charge < -0.3 is 0 Å². The minimum atomic E-state index is 0.657. The Kier molecular flexibility index (Phi) is 6.08. The number of hydrogen-bond acceptors (Lipinski definition) is 2. The van der Waals surface area contributed by atoms with Crippen LogP contribution in [-0.4, -0.2) is 9.38 Å². The lowest BCUT2D eigenvalue weighted by Crippen LogP contribution is -2.11. The van der Waals surface area contributed by atoms with Gasteiger partial charge in [0.2, 0.25) is 0 Å². The summed E-state index contributed by atoms with van der Waals surface area (Å²) in [6, 6.07) is 27.3. The van der Waals surface area contributed by atoms with E-state index < -0.39 is 0 Å². The van der Waals surface area contributed by atoms with E-state index in [1.165, 1.54) is 11.1 Å². The van der Waals surface area contributed by atoms with E-state index in [1.54, 1.807) is 0 Å². The number of halogens is 2. The number of imidazole rings is 1. The number of fused-ring (bicyclic) bond motifs is 4. The number of nitriles is 1. The Balaban J connectivity index is 1.65. The lowest BCUT2D eigenvalue weighted by Gasteiger charge is -2.24. The van der Waals surface area contributed by atoms with Gasteiger partial charge in [-0.15, -0.1) is 0 Å². The van der Waals surface area contributed by atoms with Gasteiger partial charge in [0.15, 0.2) is 5.65 Å². The molecule has 2 heterocycles. The molecule has 174 valence electrons. The third-order valence-electron chi connectivity index (χ3n) is 6.71. The zero-order chi connectivity index (χ0) is 24.6. The van der Waals surface area contributed by atoms with E-state index in [2.05, 4.69) is 115 Å². The highest BCUT2D eigenvalue weighted by Crippen LogP contribution is 2.40. The van der Waals surface area contributed by atoms with Crippen LogP contribution in [0.25, 0.3) is 40.5 Å². The van der Waals surface area contributed by atoms with Crippen LogP contribution in [0.2, 0.25) is 0 Å². The molecule has 0 unspecified atom stereocenters. The summed E-state index contributed by atoms with van der Waals surface area (Å²) < 4.78 is 4.28. The first kappa shape index (κ1) is 23.0. The summed E-state index contributed by atoms with van der Waals surface area (Å²) >= 11 is 7.05. The van der Waals surface area contributed by atoms with Crippen molar-refractivity contribution >= 4 is 72.3 Å². The first-order chi connectivity index (χ1) is 17.6. The minimum absolute atomic E-state index is 0.657. The maximum atomic E-state index is 10.4. The summed E-state index contributed by atoms with van der Waals surface area (Å²) in [5.74, 6) is 0. The quantitative estimate of drug-likeness (QED) is 0.209. The summed E-state index contributed by atoms with van der Waals surface area (Å²) in [6.45, 7) is 0. The zero-order valence-electron chi connectivity index (χ0n) is 19.4. The number of para-hydroxylation sites is 2. The van der Waals surface area contributed by atoms with Crippen LogP contribution < -0.4 is 0 Å². The molecule has 0 saturated carbocycles. The van der Waals surface area contributed by atoms with E-state index in [4.69, 9.17) is 4.98 Å². The maximum Gasteiger partial charge on any atom is 0.157 e. The molecule has 0 atom stereocenters. The van der Waals surface area contributed by atoms with Gasteiger partial charge in [-0.2, -0.15) is 5.26 Å². The molecule has 1 aliphatic carbocycles. The Morgan fingerprint density at radius 2 is 1.53 bits per heavy atom. The largest absolute Gasteiger partial charge is 0.291 e. The van der Waals surface area contributed by atoms with Gasteiger partial charge in [-0.1, -0.05) is 80.4 Å². The standard InChI is InChI=1S/C31H21Br2N3/c32-23-13-8-20(9-14-23)12-17-28-25-5-3-4-22(18-21-10-15-24(33)16-11-21)30(25)26(19-34)31-35-27-6-1-2-7-29(27)36(28)31/h1-2,6-18H,3-5H2/b17-12+,22-18+. The van der Waals surface area contributed by atoms with Crippen LogP contribution in [0, 0.1) is 11.3 Å². The number of hydrogen-bond donors (Lipinski definition) is 0. The van der Waals surface area contributed by atoms with Crippen molar-refractivity contribution < 1.29 is 0 Å². The molecule has 0 aliphatic heterocycles. The van der Waals surface area contributed by atoms with Crippen LogP contribution in [0.5, 0.6) is 0 Å². The Hall–Kier alpha value is -3.46. The van der Waals surface area contributed by atoms with Crippen molar-refractivity contribution in [1.29, 1.82) is 5.26 Å². The summed E-state index contributed by atoms with van der Waals surface area (Å²) in [5.41, 5.74) is 10.1. The molecule has 0 saturated heterocycles. The third-order valence-corrected chi connectivity index (χ3v) is 7.76. The topological polar surface area (TPSA) is 41.1 Å². The van der Waals surface area contributed by atoms with E-state index >= 15 is 0 Å². The molecule has 36 heavy (non-hydrogen) atoms. The molecule has 0 amide bonds. The Morgan fingerprint density at radius 3 is 2.25 bits per heavy atom. The molecule has 5 heteroatoms.